The van der Waals surface area contributed by atoms with Crippen molar-refractivity contribution in [3.63, 3.8) is 0 Å². The molecule has 0 fully saturated rings. The van der Waals surface area contributed by atoms with Crippen molar-refractivity contribution in [1.82, 2.24) is 5.32 Å². The van der Waals surface area contributed by atoms with Crippen molar-refractivity contribution in [3.8, 4) is 0 Å². The first-order valence-corrected chi connectivity index (χ1v) is 9.06. The summed E-state index contributed by atoms with van der Waals surface area (Å²) in [6.45, 7) is 4.12. The van der Waals surface area contributed by atoms with Crippen molar-refractivity contribution in [1.29, 1.82) is 0 Å². The van der Waals surface area contributed by atoms with E-state index in [1.54, 1.807) is 0 Å². The lowest BCUT2D eigenvalue weighted by atomic mass is 10.2. The molecule has 1 amide bonds. The third-order valence-electron chi connectivity index (χ3n) is 2.37. The Kier molecular flexibility index (Phi) is 6.58. The predicted octanol–water partition coefficient (Wildman–Crippen LogP) is 2.67. The van der Waals surface area contributed by atoms with E-state index in [4.69, 9.17) is 15.4 Å². The maximum absolute atomic E-state index is 13.7. The summed E-state index contributed by atoms with van der Waals surface area (Å²) in [5.74, 6) is -1.60. The Morgan fingerprint density at radius 1 is 1.48 bits per heavy atom. The number of hydrogen-bond donors (Lipinski definition) is 1. The number of ether oxygens (including phenoxy) is 1. The summed E-state index contributed by atoms with van der Waals surface area (Å²) in [7, 11) is 1.13. The van der Waals surface area contributed by atoms with Gasteiger partial charge in [-0.1, -0.05) is 0 Å². The molecule has 0 atom stereocenters. The summed E-state index contributed by atoms with van der Waals surface area (Å²) in [6, 6.07) is 1.77. The summed E-state index contributed by atoms with van der Waals surface area (Å²) in [6.07, 6.45) is 0.0133. The van der Waals surface area contributed by atoms with Crippen LogP contribution >= 0.6 is 26.6 Å². The van der Waals surface area contributed by atoms with Crippen LogP contribution in [0, 0.1) is 5.82 Å². The van der Waals surface area contributed by atoms with E-state index in [0.29, 0.717) is 0 Å². The van der Waals surface area contributed by atoms with Crippen molar-refractivity contribution < 1.29 is 22.3 Å². The number of rotatable bonds is 6. The lowest BCUT2D eigenvalue weighted by molar-refractivity contribution is 0.0745. The van der Waals surface area contributed by atoms with Crippen LogP contribution in [-0.2, 0) is 13.8 Å². The van der Waals surface area contributed by atoms with E-state index >= 15 is 0 Å². The molecule has 1 aromatic rings. The second-order valence-corrected chi connectivity index (χ2v) is 7.76. The van der Waals surface area contributed by atoms with E-state index in [-0.39, 0.29) is 28.6 Å². The number of hydrogen-bond acceptors (Lipinski definition) is 4. The Hall–Kier alpha value is -0.700. The molecule has 1 N–H and O–H groups in total. The highest BCUT2D eigenvalue weighted by Crippen LogP contribution is 2.28. The molecular weight excluding hydrogens is 389 g/mol. The van der Waals surface area contributed by atoms with Gasteiger partial charge in [0.2, 0.25) is 0 Å². The van der Waals surface area contributed by atoms with Crippen molar-refractivity contribution in [2.75, 3.05) is 13.2 Å². The monoisotopic (exact) mass is 401 g/mol. The predicted molar refractivity (Wildman–Crippen MR) is 80.6 cm³/mol. The minimum atomic E-state index is -4.09. The van der Waals surface area contributed by atoms with Crippen molar-refractivity contribution >= 4 is 41.6 Å². The van der Waals surface area contributed by atoms with Gasteiger partial charge in [-0.15, -0.1) is 0 Å². The fourth-order valence-corrected chi connectivity index (χ4v) is 3.61. The topological polar surface area (TPSA) is 72.5 Å². The lowest BCUT2D eigenvalue weighted by Gasteiger charge is -2.10. The molecule has 118 valence electrons. The molecule has 0 spiro atoms. The highest BCUT2D eigenvalue weighted by molar-refractivity contribution is 9.10. The average Bonchev–Trinajstić information content (AvgIpc) is 2.32. The molecule has 9 heteroatoms. The Bertz CT molecular complexity index is 636. The lowest BCUT2D eigenvalue weighted by Crippen LogP contribution is -2.29. The van der Waals surface area contributed by atoms with Crippen LogP contribution < -0.4 is 5.32 Å². The fourth-order valence-electron chi connectivity index (χ4n) is 1.44. The Morgan fingerprint density at radius 2 is 2.10 bits per heavy atom. The SMILES string of the molecule is CC(C)OCCNC(=O)c1cc(S(=O)(=O)Cl)c(Br)cc1F. The maximum Gasteiger partial charge on any atom is 0.262 e. The first kappa shape index (κ1) is 18.3. The molecular formula is C12H14BrClFNO4S. The number of nitrogens with one attached hydrogen (secondary N) is 1. The number of benzene rings is 1. The molecule has 1 rings (SSSR count). The Morgan fingerprint density at radius 3 is 2.62 bits per heavy atom. The minimum absolute atomic E-state index is 0.0133. The van der Waals surface area contributed by atoms with Gasteiger partial charge in [0.05, 0.1) is 23.2 Å². The first-order valence-electron chi connectivity index (χ1n) is 5.96. The quantitative estimate of drug-likeness (QED) is 0.586. The van der Waals surface area contributed by atoms with Crippen LogP contribution in [0.2, 0.25) is 0 Å². The van der Waals surface area contributed by atoms with Gasteiger partial charge in [-0.2, -0.15) is 0 Å². The maximum atomic E-state index is 13.7. The summed E-state index contributed by atoms with van der Waals surface area (Å²) < 4.78 is 41.6. The van der Waals surface area contributed by atoms with Crippen LogP contribution in [0.3, 0.4) is 0 Å². The normalized spacial score (nSPS) is 11.7. The molecule has 0 heterocycles. The van der Waals surface area contributed by atoms with Gasteiger partial charge in [0.1, 0.15) is 5.82 Å². The third kappa shape index (κ3) is 5.54. The highest BCUT2D eigenvalue weighted by atomic mass is 79.9. The fraction of sp³-hybridized carbons (Fsp3) is 0.417. The molecule has 1 aromatic carbocycles. The smallest absolute Gasteiger partial charge is 0.262 e. The van der Waals surface area contributed by atoms with Gasteiger partial charge in [-0.3, -0.25) is 4.79 Å². The van der Waals surface area contributed by atoms with E-state index in [1.807, 2.05) is 13.8 Å². The van der Waals surface area contributed by atoms with Crippen molar-refractivity contribution in [2.45, 2.75) is 24.8 Å². The van der Waals surface area contributed by atoms with Crippen LogP contribution in [0.15, 0.2) is 21.5 Å². The third-order valence-corrected chi connectivity index (χ3v) is 4.65. The van der Waals surface area contributed by atoms with Gasteiger partial charge in [-0.05, 0) is 41.9 Å². The van der Waals surface area contributed by atoms with Gasteiger partial charge < -0.3 is 10.1 Å². The summed E-state index contributed by atoms with van der Waals surface area (Å²) in [4.78, 5) is 11.5. The van der Waals surface area contributed by atoms with E-state index in [2.05, 4.69) is 21.2 Å². The summed E-state index contributed by atoms with van der Waals surface area (Å²) in [5.41, 5.74) is -0.401. The van der Waals surface area contributed by atoms with Crippen molar-refractivity contribution in [3.05, 3.63) is 28.0 Å². The van der Waals surface area contributed by atoms with Gasteiger partial charge in [0, 0.05) is 21.7 Å². The minimum Gasteiger partial charge on any atom is -0.377 e. The summed E-state index contributed by atoms with van der Waals surface area (Å²) >= 11 is 2.89. The van der Waals surface area contributed by atoms with Gasteiger partial charge in [-0.25, -0.2) is 12.8 Å². The molecule has 0 bridgehead atoms. The van der Waals surface area contributed by atoms with Gasteiger partial charge >= 0.3 is 0 Å². The van der Waals surface area contributed by atoms with E-state index in [9.17, 15) is 17.6 Å². The van der Waals surface area contributed by atoms with Crippen LogP contribution in [0.4, 0.5) is 4.39 Å². The number of carbonyl (C=O) groups excluding carboxylic acids is 1. The first-order chi connectivity index (χ1) is 9.62. The molecule has 0 aliphatic carbocycles. The standard InChI is InChI=1S/C12H14BrClFNO4S/c1-7(2)20-4-3-16-12(17)8-5-11(21(14,18)19)9(13)6-10(8)15/h5-7H,3-4H2,1-2H3,(H,16,17). The second kappa shape index (κ2) is 7.53. The Labute approximate surface area is 135 Å². The van der Waals surface area contributed by atoms with E-state index in [1.165, 1.54) is 0 Å². The van der Waals surface area contributed by atoms with Gasteiger partial charge in [0.25, 0.3) is 15.0 Å². The molecule has 0 aromatic heterocycles. The second-order valence-electron chi connectivity index (χ2n) is 4.38. The van der Waals surface area contributed by atoms with Crippen LogP contribution in [-0.4, -0.2) is 33.6 Å². The largest absolute Gasteiger partial charge is 0.377 e. The molecule has 5 nitrogen and oxygen atoms in total. The molecule has 0 saturated heterocycles. The zero-order valence-corrected chi connectivity index (χ0v) is 14.5. The molecule has 0 aliphatic heterocycles. The van der Waals surface area contributed by atoms with E-state index in [0.717, 1.165) is 12.1 Å². The number of carbonyl (C=O) groups is 1. The van der Waals surface area contributed by atoms with Crippen LogP contribution in [0.25, 0.3) is 0 Å². The molecule has 0 radical (unpaired) electrons. The number of halogens is 3. The zero-order valence-electron chi connectivity index (χ0n) is 11.3. The van der Waals surface area contributed by atoms with Gasteiger partial charge in [0.15, 0.2) is 0 Å². The number of amides is 1. The highest BCUT2D eigenvalue weighted by Gasteiger charge is 2.21. The Balaban J connectivity index is 2.90. The molecule has 0 unspecified atom stereocenters. The molecule has 0 saturated carbocycles. The molecule has 21 heavy (non-hydrogen) atoms. The van der Waals surface area contributed by atoms with E-state index < -0.39 is 26.3 Å². The molecule has 0 aliphatic rings. The zero-order chi connectivity index (χ0) is 16.2. The summed E-state index contributed by atoms with van der Waals surface area (Å²) in [5, 5.41) is 2.44. The van der Waals surface area contributed by atoms with Crippen LogP contribution in [0.5, 0.6) is 0 Å². The van der Waals surface area contributed by atoms with Crippen LogP contribution in [0.1, 0.15) is 24.2 Å². The average molecular weight is 403 g/mol. The van der Waals surface area contributed by atoms with Crippen molar-refractivity contribution in [2.24, 2.45) is 0 Å².